The van der Waals surface area contributed by atoms with Crippen LogP contribution in [-0.2, 0) is 25.8 Å². The number of hydrogen-bond donors (Lipinski definition) is 2. The number of sulfone groups is 1. The topological polar surface area (TPSA) is 116 Å². The van der Waals surface area contributed by atoms with Gasteiger partial charge in [0.15, 0.2) is 5.37 Å². The molecule has 3 aromatic rings. The lowest BCUT2D eigenvalue weighted by atomic mass is 10.1. The van der Waals surface area contributed by atoms with Crippen molar-refractivity contribution in [1.82, 2.24) is 0 Å². The molecule has 0 aromatic heterocycles. The average molecular weight is 551 g/mol. The number of anilines is 1. The highest BCUT2D eigenvalue weighted by Gasteiger charge is 2.31. The second-order valence-corrected chi connectivity index (χ2v) is 11.7. The molecule has 0 aliphatic heterocycles. The number of rotatable bonds is 8. The molecule has 0 fully saturated rings. The van der Waals surface area contributed by atoms with Crippen molar-refractivity contribution in [2.75, 3.05) is 5.32 Å². The summed E-state index contributed by atoms with van der Waals surface area (Å²) >= 11 is 5.90. The lowest BCUT2D eigenvalue weighted by Crippen LogP contribution is -2.25. The van der Waals surface area contributed by atoms with Gasteiger partial charge >= 0.3 is 5.97 Å². The number of halogens is 3. The van der Waals surface area contributed by atoms with Crippen molar-refractivity contribution in [3.05, 3.63) is 94.0 Å². The monoisotopic (exact) mass is 550 g/mol. The molecule has 196 valence electrons. The van der Waals surface area contributed by atoms with Gasteiger partial charge in [-0.3, -0.25) is 4.79 Å². The first-order chi connectivity index (χ1) is 17.2. The van der Waals surface area contributed by atoms with Crippen molar-refractivity contribution in [2.45, 2.75) is 43.1 Å². The highest BCUT2D eigenvalue weighted by Crippen LogP contribution is 2.34. The number of ether oxygens (including phenoxy) is 1. The van der Waals surface area contributed by atoms with Crippen LogP contribution in [0.1, 0.15) is 47.6 Å². The van der Waals surface area contributed by atoms with Crippen LogP contribution in [0.2, 0.25) is 5.02 Å². The molecule has 7 nitrogen and oxygen atoms in total. The minimum Gasteiger partial charge on any atom is -0.456 e. The van der Waals surface area contributed by atoms with Crippen LogP contribution >= 0.6 is 11.6 Å². The summed E-state index contributed by atoms with van der Waals surface area (Å²) in [7, 11) is -4.25. The minimum absolute atomic E-state index is 0.126. The third-order valence-corrected chi connectivity index (χ3v) is 7.29. The quantitative estimate of drug-likeness (QED) is 0.373. The molecule has 1 amide bonds. The number of benzene rings is 3. The van der Waals surface area contributed by atoms with E-state index >= 15 is 0 Å². The molecule has 0 spiro atoms. The van der Waals surface area contributed by atoms with E-state index in [2.05, 4.69) is 5.32 Å². The summed E-state index contributed by atoms with van der Waals surface area (Å²) in [5.41, 5.74) is 4.24. The van der Waals surface area contributed by atoms with Crippen molar-refractivity contribution < 1.29 is 31.5 Å². The van der Waals surface area contributed by atoms with Crippen molar-refractivity contribution in [1.29, 1.82) is 0 Å². The molecule has 3 aromatic carbocycles. The van der Waals surface area contributed by atoms with Crippen molar-refractivity contribution >= 4 is 39.0 Å². The molecular formula is C26H25ClF2N2O5S. The van der Waals surface area contributed by atoms with Gasteiger partial charge in [-0.05, 0) is 68.8 Å². The van der Waals surface area contributed by atoms with Crippen LogP contribution in [0, 0.1) is 11.6 Å². The smallest absolute Gasteiger partial charge is 0.338 e. The number of nitrogens with one attached hydrogen (secondary N) is 1. The van der Waals surface area contributed by atoms with Crippen LogP contribution in [0.25, 0.3) is 0 Å². The summed E-state index contributed by atoms with van der Waals surface area (Å²) in [4.78, 5) is 23.8. The average Bonchev–Trinajstić information content (AvgIpc) is 2.78. The highest BCUT2D eigenvalue weighted by atomic mass is 35.5. The Morgan fingerprint density at radius 3 is 2.16 bits per heavy atom. The van der Waals surface area contributed by atoms with Crippen LogP contribution < -0.4 is 11.1 Å². The zero-order chi connectivity index (χ0) is 27.5. The maximum absolute atomic E-state index is 14.6. The van der Waals surface area contributed by atoms with Gasteiger partial charge in [0, 0.05) is 22.3 Å². The number of carbonyl (C=O) groups is 2. The summed E-state index contributed by atoms with van der Waals surface area (Å²) in [5, 5.41) is 1.40. The van der Waals surface area contributed by atoms with E-state index < -0.39 is 50.7 Å². The Bertz CT molecular complexity index is 1420. The van der Waals surface area contributed by atoms with E-state index in [-0.39, 0.29) is 27.3 Å². The summed E-state index contributed by atoms with van der Waals surface area (Å²) in [6, 6.07) is 12.3. The van der Waals surface area contributed by atoms with Crippen molar-refractivity contribution in [2.24, 2.45) is 5.73 Å². The molecule has 0 aliphatic carbocycles. The summed E-state index contributed by atoms with van der Waals surface area (Å²) in [6.45, 7) is 5.12. The summed E-state index contributed by atoms with van der Waals surface area (Å²) < 4.78 is 61.4. The fraction of sp³-hybridized carbons (Fsp3) is 0.231. The molecule has 3 N–H and O–H groups in total. The molecule has 0 bridgehead atoms. The predicted molar refractivity (Wildman–Crippen MR) is 136 cm³/mol. The Balaban J connectivity index is 2.12. The standard InChI is InChI=1S/C26H25ClF2N2O5S/c1-26(2,3)36-25(33)16-6-4-15(5-7-16)24(37(34,35)19-10-8-17(27)9-11-19)31-22-13-18(28)12-21(29)20(22)14-23(30)32/h4-13,24,31H,14H2,1-3H3,(H2,30,32). The van der Waals surface area contributed by atoms with E-state index in [1.165, 1.54) is 48.5 Å². The SMILES string of the molecule is CC(C)(C)OC(=O)c1ccc(C(Nc2cc(F)cc(F)c2CC(N)=O)S(=O)(=O)c2ccc(Cl)cc2)cc1. The maximum atomic E-state index is 14.6. The summed E-state index contributed by atoms with van der Waals surface area (Å²) in [5.74, 6) is -3.56. The number of amides is 1. The van der Waals surface area contributed by atoms with Gasteiger partial charge in [0.05, 0.1) is 16.9 Å². The molecule has 1 atom stereocenters. The molecular weight excluding hydrogens is 526 g/mol. The molecule has 3 rings (SSSR count). The van der Waals surface area contributed by atoms with Crippen LogP contribution in [0.3, 0.4) is 0 Å². The second-order valence-electron chi connectivity index (χ2n) is 9.20. The van der Waals surface area contributed by atoms with Gasteiger partial charge in [-0.25, -0.2) is 22.0 Å². The van der Waals surface area contributed by atoms with E-state index in [1.54, 1.807) is 20.8 Å². The Labute approximate surface area is 218 Å². The van der Waals surface area contributed by atoms with E-state index in [0.29, 0.717) is 11.1 Å². The Morgan fingerprint density at radius 2 is 1.62 bits per heavy atom. The first-order valence-electron chi connectivity index (χ1n) is 11.0. The molecule has 0 aliphatic rings. The number of hydrogen-bond acceptors (Lipinski definition) is 6. The largest absolute Gasteiger partial charge is 0.456 e. The maximum Gasteiger partial charge on any atom is 0.338 e. The van der Waals surface area contributed by atoms with Gasteiger partial charge < -0.3 is 15.8 Å². The highest BCUT2D eigenvalue weighted by molar-refractivity contribution is 7.91. The van der Waals surface area contributed by atoms with Crippen LogP contribution in [0.4, 0.5) is 14.5 Å². The first-order valence-corrected chi connectivity index (χ1v) is 13.0. The fourth-order valence-electron chi connectivity index (χ4n) is 3.46. The third kappa shape index (κ3) is 7.05. The molecule has 0 heterocycles. The van der Waals surface area contributed by atoms with Gasteiger partial charge in [-0.15, -0.1) is 0 Å². The van der Waals surface area contributed by atoms with Crippen molar-refractivity contribution in [3.8, 4) is 0 Å². The molecule has 0 radical (unpaired) electrons. The zero-order valence-electron chi connectivity index (χ0n) is 20.2. The molecule has 37 heavy (non-hydrogen) atoms. The van der Waals surface area contributed by atoms with Gasteiger partial charge in [-0.1, -0.05) is 23.7 Å². The molecule has 0 saturated carbocycles. The Hall–Kier alpha value is -3.50. The number of esters is 1. The molecule has 1 unspecified atom stereocenters. The summed E-state index contributed by atoms with van der Waals surface area (Å²) in [6.07, 6.45) is -0.597. The van der Waals surface area contributed by atoms with E-state index in [0.717, 1.165) is 6.07 Å². The van der Waals surface area contributed by atoms with Crippen molar-refractivity contribution in [3.63, 3.8) is 0 Å². The van der Waals surface area contributed by atoms with Gasteiger partial charge in [0.1, 0.15) is 17.2 Å². The third-order valence-electron chi connectivity index (χ3n) is 5.10. The predicted octanol–water partition coefficient (Wildman–Crippen LogP) is 5.19. The van der Waals surface area contributed by atoms with Gasteiger partial charge in [-0.2, -0.15) is 0 Å². The van der Waals surface area contributed by atoms with Crippen LogP contribution in [0.15, 0.2) is 65.6 Å². The zero-order valence-corrected chi connectivity index (χ0v) is 21.8. The lowest BCUT2D eigenvalue weighted by Gasteiger charge is -2.23. The number of carbonyl (C=O) groups excluding carboxylic acids is 2. The Morgan fingerprint density at radius 1 is 1.03 bits per heavy atom. The fourth-order valence-corrected chi connectivity index (χ4v) is 5.17. The van der Waals surface area contributed by atoms with E-state index in [4.69, 9.17) is 22.1 Å². The van der Waals surface area contributed by atoms with Gasteiger partial charge in [0.2, 0.25) is 15.7 Å². The van der Waals surface area contributed by atoms with Crippen LogP contribution in [-0.4, -0.2) is 25.9 Å². The number of nitrogens with two attached hydrogens (primary N) is 1. The van der Waals surface area contributed by atoms with E-state index in [9.17, 15) is 26.8 Å². The normalized spacial score (nSPS) is 12.6. The van der Waals surface area contributed by atoms with Crippen LogP contribution in [0.5, 0.6) is 0 Å². The first kappa shape index (κ1) is 28.1. The lowest BCUT2D eigenvalue weighted by molar-refractivity contribution is -0.117. The van der Waals surface area contributed by atoms with E-state index in [1.807, 2.05) is 0 Å². The minimum atomic E-state index is -4.25. The van der Waals surface area contributed by atoms with Gasteiger partial charge in [0.25, 0.3) is 0 Å². The number of primary amides is 1. The molecule has 11 heteroatoms. The second kappa shape index (κ2) is 10.9. The Kier molecular flexibility index (Phi) is 8.24. The molecule has 0 saturated heterocycles.